The lowest BCUT2D eigenvalue weighted by Gasteiger charge is -2.25. The van der Waals surface area contributed by atoms with Crippen molar-refractivity contribution in [1.82, 2.24) is 4.57 Å². The minimum absolute atomic E-state index is 0.202. The van der Waals surface area contributed by atoms with E-state index in [1.165, 1.54) is 11.3 Å². The molecule has 4 aromatic carbocycles. The fourth-order valence-electron chi connectivity index (χ4n) is 5.57. The zero-order valence-electron chi connectivity index (χ0n) is 23.8. The molecule has 0 spiro atoms. The van der Waals surface area contributed by atoms with Gasteiger partial charge in [0.05, 0.1) is 42.2 Å². The molecule has 0 radical (unpaired) electrons. The summed E-state index contributed by atoms with van der Waals surface area (Å²) >= 11 is 1.31. The van der Waals surface area contributed by atoms with Crippen LogP contribution in [-0.2, 0) is 9.53 Å². The molecule has 0 saturated heterocycles. The van der Waals surface area contributed by atoms with Gasteiger partial charge in [-0.05, 0) is 77.7 Å². The quantitative estimate of drug-likeness (QED) is 0.188. The number of thiazole rings is 1. The number of aromatic nitrogens is 1. The van der Waals surface area contributed by atoms with E-state index in [-0.39, 0.29) is 12.2 Å². The number of fused-ring (bicyclic) bond motifs is 3. The van der Waals surface area contributed by atoms with Gasteiger partial charge < -0.3 is 14.2 Å². The average molecular weight is 579 g/mol. The van der Waals surface area contributed by atoms with Crippen molar-refractivity contribution in [3.8, 4) is 11.5 Å². The van der Waals surface area contributed by atoms with Gasteiger partial charge in [0.15, 0.2) is 16.3 Å². The van der Waals surface area contributed by atoms with E-state index in [1.54, 1.807) is 31.6 Å². The van der Waals surface area contributed by atoms with Crippen molar-refractivity contribution in [1.29, 1.82) is 0 Å². The number of methoxy groups -OCH3 is 1. The highest BCUT2D eigenvalue weighted by Gasteiger charge is 2.34. The molecule has 5 aromatic rings. The third-order valence-electron chi connectivity index (χ3n) is 7.41. The third-order valence-corrected chi connectivity index (χ3v) is 8.39. The number of nitrogens with zero attached hydrogens (tertiary/aromatic N) is 2. The number of carbonyl (C=O) groups is 1. The lowest BCUT2D eigenvalue weighted by molar-refractivity contribution is -0.139. The number of benzene rings is 4. The van der Waals surface area contributed by atoms with Gasteiger partial charge in [0, 0.05) is 0 Å². The molecule has 1 aliphatic rings. The maximum atomic E-state index is 14.3. The molecule has 0 bridgehead atoms. The van der Waals surface area contributed by atoms with Gasteiger partial charge >= 0.3 is 5.97 Å². The van der Waals surface area contributed by atoms with Crippen LogP contribution < -0.4 is 24.4 Å². The molecule has 1 atom stereocenters. The standard InChI is InChI=1S/C34H30N2O5S/c1-5-40-28-18-23(15-16-27(28)39-4)31-30(33(38)41-6-2)20(3)35-34-36(31)32(37)29(42-34)19-26-24-13-9-7-11-21(24)17-22-12-8-10-14-25(22)26/h7-19,31H,5-6H2,1-4H3/b29-19-/t31-/m0/s1. The van der Waals surface area contributed by atoms with Gasteiger partial charge in [-0.2, -0.15) is 0 Å². The lowest BCUT2D eigenvalue weighted by Crippen LogP contribution is -2.40. The zero-order valence-corrected chi connectivity index (χ0v) is 24.7. The topological polar surface area (TPSA) is 79.1 Å². The van der Waals surface area contributed by atoms with Crippen LogP contribution in [0.3, 0.4) is 0 Å². The van der Waals surface area contributed by atoms with Crippen LogP contribution in [0, 0.1) is 0 Å². The van der Waals surface area contributed by atoms with E-state index in [9.17, 15) is 9.59 Å². The molecule has 212 valence electrons. The highest BCUT2D eigenvalue weighted by Crippen LogP contribution is 2.36. The molecule has 1 aromatic heterocycles. The second-order valence-corrected chi connectivity index (χ2v) is 10.9. The van der Waals surface area contributed by atoms with Crippen LogP contribution in [0.4, 0.5) is 0 Å². The number of carbonyl (C=O) groups excluding carboxylic acids is 1. The lowest BCUT2D eigenvalue weighted by atomic mass is 9.95. The van der Waals surface area contributed by atoms with E-state index in [0.29, 0.717) is 44.3 Å². The first-order valence-electron chi connectivity index (χ1n) is 13.9. The van der Waals surface area contributed by atoms with Crippen LogP contribution >= 0.6 is 11.3 Å². The Morgan fingerprint density at radius 2 is 1.64 bits per heavy atom. The molecule has 0 N–H and O–H groups in total. The van der Waals surface area contributed by atoms with Crippen LogP contribution in [0.15, 0.2) is 93.9 Å². The molecule has 6 rings (SSSR count). The molecule has 1 aliphatic heterocycles. The monoisotopic (exact) mass is 578 g/mol. The summed E-state index contributed by atoms with van der Waals surface area (Å²) in [5, 5.41) is 4.29. The van der Waals surface area contributed by atoms with E-state index < -0.39 is 12.0 Å². The Bertz CT molecular complexity index is 2020. The summed E-state index contributed by atoms with van der Waals surface area (Å²) in [7, 11) is 1.58. The average Bonchev–Trinajstić information content (AvgIpc) is 3.30. The van der Waals surface area contributed by atoms with E-state index in [2.05, 4.69) is 30.3 Å². The molecule has 0 unspecified atom stereocenters. The van der Waals surface area contributed by atoms with Crippen molar-refractivity contribution in [2.75, 3.05) is 20.3 Å². The van der Waals surface area contributed by atoms with Gasteiger partial charge in [0.25, 0.3) is 5.56 Å². The summed E-state index contributed by atoms with van der Waals surface area (Å²) in [6.45, 7) is 6.06. The Balaban J connectivity index is 1.63. The van der Waals surface area contributed by atoms with Crippen LogP contribution in [0.5, 0.6) is 11.5 Å². The second kappa shape index (κ2) is 11.3. The SMILES string of the molecule is CCOC(=O)C1=C(C)N=c2s/c(=C\c3c4ccccc4cc4ccccc34)c(=O)n2[C@H]1c1ccc(OC)c(OCC)c1. The van der Waals surface area contributed by atoms with Crippen molar-refractivity contribution in [2.45, 2.75) is 26.8 Å². The number of hydrogen-bond donors (Lipinski definition) is 0. The Morgan fingerprint density at radius 1 is 0.952 bits per heavy atom. The molecule has 0 fully saturated rings. The molecule has 7 nitrogen and oxygen atoms in total. The predicted molar refractivity (Wildman–Crippen MR) is 166 cm³/mol. The van der Waals surface area contributed by atoms with Crippen LogP contribution in [0.25, 0.3) is 27.6 Å². The Labute approximate surface area is 246 Å². The number of hydrogen-bond acceptors (Lipinski definition) is 7. The second-order valence-electron chi connectivity index (χ2n) is 9.88. The van der Waals surface area contributed by atoms with Gasteiger partial charge in [-0.15, -0.1) is 0 Å². The summed E-state index contributed by atoms with van der Waals surface area (Å²) in [5.41, 5.74) is 2.26. The first kappa shape index (κ1) is 27.5. The number of rotatable bonds is 7. The van der Waals surface area contributed by atoms with Crippen LogP contribution in [0.1, 0.15) is 37.9 Å². The van der Waals surface area contributed by atoms with Crippen molar-refractivity contribution in [3.63, 3.8) is 0 Å². The molecule has 2 heterocycles. The highest BCUT2D eigenvalue weighted by atomic mass is 32.1. The van der Waals surface area contributed by atoms with E-state index in [0.717, 1.165) is 27.1 Å². The molecular formula is C34H30N2O5S. The minimum atomic E-state index is -0.753. The van der Waals surface area contributed by atoms with Crippen molar-refractivity contribution < 1.29 is 19.0 Å². The zero-order chi connectivity index (χ0) is 29.4. The Kier molecular flexibility index (Phi) is 7.39. The fourth-order valence-corrected chi connectivity index (χ4v) is 6.60. The number of ether oxygens (including phenoxy) is 3. The van der Waals surface area contributed by atoms with Gasteiger partial charge in [-0.1, -0.05) is 65.9 Å². The summed E-state index contributed by atoms with van der Waals surface area (Å²) in [5.74, 6) is 0.584. The molecule has 0 aliphatic carbocycles. The number of esters is 1. The first-order valence-corrected chi connectivity index (χ1v) is 14.7. The van der Waals surface area contributed by atoms with E-state index >= 15 is 0 Å². The Morgan fingerprint density at radius 3 is 2.29 bits per heavy atom. The van der Waals surface area contributed by atoms with Gasteiger partial charge in [-0.3, -0.25) is 9.36 Å². The van der Waals surface area contributed by atoms with Crippen molar-refractivity contribution >= 4 is 44.9 Å². The highest BCUT2D eigenvalue weighted by molar-refractivity contribution is 7.07. The normalized spacial score (nSPS) is 15.0. The maximum absolute atomic E-state index is 14.3. The Hall–Kier alpha value is -4.69. The van der Waals surface area contributed by atoms with Gasteiger partial charge in [0.1, 0.15) is 0 Å². The van der Waals surface area contributed by atoms with Gasteiger partial charge in [0.2, 0.25) is 0 Å². The van der Waals surface area contributed by atoms with Crippen molar-refractivity contribution in [3.05, 3.63) is 115 Å². The molecular weight excluding hydrogens is 548 g/mol. The minimum Gasteiger partial charge on any atom is -0.493 e. The fraction of sp³-hybridized carbons (Fsp3) is 0.206. The largest absolute Gasteiger partial charge is 0.493 e. The predicted octanol–water partition coefficient (Wildman–Crippen LogP) is 5.51. The molecule has 8 heteroatoms. The van der Waals surface area contributed by atoms with Crippen LogP contribution in [-0.4, -0.2) is 30.9 Å². The van der Waals surface area contributed by atoms with Crippen molar-refractivity contribution in [2.24, 2.45) is 4.99 Å². The third kappa shape index (κ3) is 4.67. The first-order chi connectivity index (χ1) is 20.4. The molecule has 42 heavy (non-hydrogen) atoms. The maximum Gasteiger partial charge on any atom is 0.338 e. The molecule has 0 saturated carbocycles. The van der Waals surface area contributed by atoms with Gasteiger partial charge in [-0.25, -0.2) is 9.79 Å². The number of allylic oxidation sites excluding steroid dienone is 1. The van der Waals surface area contributed by atoms with Crippen LogP contribution in [0.2, 0.25) is 0 Å². The summed E-state index contributed by atoms with van der Waals surface area (Å²) < 4.78 is 18.9. The molecule has 0 amide bonds. The van der Waals surface area contributed by atoms with E-state index in [1.807, 2.05) is 49.4 Å². The smallest absolute Gasteiger partial charge is 0.338 e. The van der Waals surface area contributed by atoms with E-state index in [4.69, 9.17) is 19.2 Å². The summed E-state index contributed by atoms with van der Waals surface area (Å²) in [6, 6.07) is 23.2. The summed E-state index contributed by atoms with van der Waals surface area (Å²) in [4.78, 5) is 32.9. The summed E-state index contributed by atoms with van der Waals surface area (Å²) in [6.07, 6.45) is 1.95.